The molecule has 30 heavy (non-hydrogen) atoms. The highest BCUT2D eigenvalue weighted by molar-refractivity contribution is 5.79. The molecule has 1 unspecified atom stereocenters. The van der Waals surface area contributed by atoms with Crippen molar-refractivity contribution in [3.63, 3.8) is 0 Å². The topological polar surface area (TPSA) is 69.4 Å². The molecule has 2 aromatic rings. The number of aromatic nitrogens is 3. The van der Waals surface area contributed by atoms with Crippen molar-refractivity contribution >= 4 is 5.91 Å². The summed E-state index contributed by atoms with van der Waals surface area (Å²) >= 11 is 0. The van der Waals surface area contributed by atoms with Gasteiger partial charge in [0.05, 0.1) is 6.54 Å². The molecule has 1 aliphatic heterocycles. The Morgan fingerprint density at radius 1 is 1.20 bits per heavy atom. The van der Waals surface area contributed by atoms with E-state index in [9.17, 15) is 9.59 Å². The SMILES string of the molecule is CCCN(CC1CC1)C(=O)C1CCc2nn(CCOc3ccccc3)c(=O)n2CC1. The zero-order valence-electron chi connectivity index (χ0n) is 17.8. The maximum Gasteiger partial charge on any atom is 0.346 e. The highest BCUT2D eigenvalue weighted by Gasteiger charge is 2.31. The van der Waals surface area contributed by atoms with Gasteiger partial charge in [0.25, 0.3) is 0 Å². The summed E-state index contributed by atoms with van der Waals surface area (Å²) in [6.45, 7) is 5.25. The van der Waals surface area contributed by atoms with Crippen LogP contribution >= 0.6 is 0 Å². The number of benzene rings is 1. The first kappa shape index (κ1) is 20.7. The van der Waals surface area contributed by atoms with Crippen molar-refractivity contribution in [1.29, 1.82) is 0 Å². The number of nitrogens with zero attached hydrogens (tertiary/aromatic N) is 4. The van der Waals surface area contributed by atoms with Crippen LogP contribution in [0.2, 0.25) is 0 Å². The van der Waals surface area contributed by atoms with Gasteiger partial charge in [-0.1, -0.05) is 25.1 Å². The average molecular weight is 413 g/mol. The van der Waals surface area contributed by atoms with Crippen LogP contribution in [0.5, 0.6) is 5.75 Å². The molecule has 2 aliphatic rings. The number of hydrogen-bond acceptors (Lipinski definition) is 4. The number of para-hydroxylation sites is 1. The van der Waals surface area contributed by atoms with Crippen LogP contribution in [0, 0.1) is 11.8 Å². The van der Waals surface area contributed by atoms with E-state index < -0.39 is 0 Å². The average Bonchev–Trinajstić information content (AvgIpc) is 3.56. The summed E-state index contributed by atoms with van der Waals surface area (Å²) in [7, 11) is 0. The van der Waals surface area contributed by atoms with Crippen LogP contribution in [-0.2, 0) is 24.3 Å². The largest absolute Gasteiger partial charge is 0.492 e. The van der Waals surface area contributed by atoms with Crippen molar-refractivity contribution in [3.05, 3.63) is 46.6 Å². The molecule has 0 saturated heterocycles. The van der Waals surface area contributed by atoms with Gasteiger partial charge in [-0.05, 0) is 50.2 Å². The van der Waals surface area contributed by atoms with Crippen LogP contribution in [0.3, 0.4) is 0 Å². The summed E-state index contributed by atoms with van der Waals surface area (Å²) in [6.07, 6.45) is 5.63. The molecule has 1 aromatic carbocycles. The Labute approximate surface area is 177 Å². The minimum absolute atomic E-state index is 0.00809. The van der Waals surface area contributed by atoms with Gasteiger partial charge in [-0.3, -0.25) is 9.36 Å². The summed E-state index contributed by atoms with van der Waals surface area (Å²) in [4.78, 5) is 28.0. The second-order valence-corrected chi connectivity index (χ2v) is 8.49. The van der Waals surface area contributed by atoms with E-state index in [2.05, 4.69) is 16.9 Å². The fourth-order valence-electron chi connectivity index (χ4n) is 4.22. The number of aryl methyl sites for hydroxylation is 1. The van der Waals surface area contributed by atoms with Gasteiger partial charge in [0.2, 0.25) is 5.91 Å². The quantitative estimate of drug-likeness (QED) is 0.635. The number of rotatable bonds is 9. The maximum atomic E-state index is 13.1. The van der Waals surface area contributed by atoms with E-state index in [0.717, 1.165) is 37.5 Å². The molecule has 1 fully saturated rings. The number of amides is 1. The molecule has 7 heteroatoms. The number of carbonyl (C=O) groups is 1. The van der Waals surface area contributed by atoms with Crippen LogP contribution in [0.4, 0.5) is 0 Å². The van der Waals surface area contributed by atoms with Crippen molar-refractivity contribution in [2.24, 2.45) is 11.8 Å². The second kappa shape index (κ2) is 9.49. The van der Waals surface area contributed by atoms with E-state index >= 15 is 0 Å². The van der Waals surface area contributed by atoms with Gasteiger partial charge in [-0.15, -0.1) is 0 Å². The highest BCUT2D eigenvalue weighted by Crippen LogP contribution is 2.31. The van der Waals surface area contributed by atoms with Crippen LogP contribution in [0.25, 0.3) is 0 Å². The normalized spacial score (nSPS) is 18.5. The molecule has 1 aliphatic carbocycles. The van der Waals surface area contributed by atoms with Gasteiger partial charge in [-0.2, -0.15) is 5.10 Å². The van der Waals surface area contributed by atoms with Gasteiger partial charge in [0.1, 0.15) is 18.2 Å². The van der Waals surface area contributed by atoms with Gasteiger partial charge < -0.3 is 9.64 Å². The van der Waals surface area contributed by atoms with Crippen LogP contribution in [0.15, 0.2) is 35.1 Å². The summed E-state index contributed by atoms with van der Waals surface area (Å²) in [5, 5.41) is 4.54. The molecule has 2 heterocycles. The van der Waals surface area contributed by atoms with Crippen LogP contribution < -0.4 is 10.4 Å². The van der Waals surface area contributed by atoms with Crippen molar-refractivity contribution in [3.8, 4) is 5.75 Å². The van der Waals surface area contributed by atoms with E-state index in [4.69, 9.17) is 4.74 Å². The Kier molecular flexibility index (Phi) is 6.55. The second-order valence-electron chi connectivity index (χ2n) is 8.49. The Morgan fingerprint density at radius 2 is 2.00 bits per heavy atom. The van der Waals surface area contributed by atoms with Crippen LogP contribution in [0.1, 0.15) is 44.9 Å². The van der Waals surface area contributed by atoms with Gasteiger partial charge in [-0.25, -0.2) is 9.48 Å². The fraction of sp³-hybridized carbons (Fsp3) is 0.609. The molecule has 1 amide bonds. The molecule has 4 rings (SSSR count). The molecule has 1 aromatic heterocycles. The number of fused-ring (bicyclic) bond motifs is 1. The van der Waals surface area contributed by atoms with E-state index in [1.165, 1.54) is 17.5 Å². The maximum absolute atomic E-state index is 13.1. The van der Waals surface area contributed by atoms with E-state index in [-0.39, 0.29) is 17.5 Å². The first-order valence-corrected chi connectivity index (χ1v) is 11.3. The van der Waals surface area contributed by atoms with Crippen molar-refractivity contribution in [1.82, 2.24) is 19.2 Å². The Morgan fingerprint density at radius 3 is 2.73 bits per heavy atom. The third-order valence-corrected chi connectivity index (χ3v) is 6.06. The molecule has 0 N–H and O–H groups in total. The smallest absolute Gasteiger partial charge is 0.346 e. The zero-order valence-corrected chi connectivity index (χ0v) is 17.8. The minimum Gasteiger partial charge on any atom is -0.492 e. The van der Waals surface area contributed by atoms with Crippen molar-refractivity contribution in [2.75, 3.05) is 19.7 Å². The first-order chi connectivity index (χ1) is 14.7. The molecule has 0 bridgehead atoms. The van der Waals surface area contributed by atoms with Crippen molar-refractivity contribution < 1.29 is 9.53 Å². The fourth-order valence-corrected chi connectivity index (χ4v) is 4.22. The molecular formula is C23H32N4O3. The minimum atomic E-state index is -0.0989. The lowest BCUT2D eigenvalue weighted by Crippen LogP contribution is -2.38. The van der Waals surface area contributed by atoms with Gasteiger partial charge in [0.15, 0.2) is 0 Å². The van der Waals surface area contributed by atoms with Gasteiger partial charge in [0, 0.05) is 32.0 Å². The van der Waals surface area contributed by atoms with Gasteiger partial charge >= 0.3 is 5.69 Å². The third kappa shape index (κ3) is 4.94. The summed E-state index contributed by atoms with van der Waals surface area (Å²) in [5.74, 6) is 2.54. The number of carbonyl (C=O) groups excluding carboxylic acids is 1. The molecule has 7 nitrogen and oxygen atoms in total. The molecule has 1 atom stereocenters. The molecule has 1 saturated carbocycles. The van der Waals surface area contributed by atoms with Crippen LogP contribution in [-0.4, -0.2) is 44.9 Å². The molecule has 162 valence electrons. The lowest BCUT2D eigenvalue weighted by atomic mass is 9.98. The molecule has 0 spiro atoms. The summed E-state index contributed by atoms with van der Waals surface area (Å²) < 4.78 is 8.94. The lowest BCUT2D eigenvalue weighted by molar-refractivity contribution is -0.136. The number of ether oxygens (including phenoxy) is 1. The Bertz CT molecular complexity index is 901. The van der Waals surface area contributed by atoms with E-state index in [0.29, 0.717) is 38.5 Å². The standard InChI is InChI=1S/C23H32N4O3/c1-2-13-25(17-18-8-9-18)22(28)19-10-11-21-24-27(23(29)26(21)14-12-19)15-16-30-20-6-4-3-5-7-20/h3-7,18-19H,2,8-17H2,1H3. The molecule has 0 radical (unpaired) electrons. The monoisotopic (exact) mass is 412 g/mol. The summed E-state index contributed by atoms with van der Waals surface area (Å²) in [5.41, 5.74) is -0.0989. The predicted molar refractivity (Wildman–Crippen MR) is 114 cm³/mol. The third-order valence-electron chi connectivity index (χ3n) is 6.06. The summed E-state index contributed by atoms with van der Waals surface area (Å²) in [6, 6.07) is 9.57. The Hall–Kier alpha value is -2.57. The van der Waals surface area contributed by atoms with E-state index in [1.807, 2.05) is 30.3 Å². The first-order valence-electron chi connectivity index (χ1n) is 11.3. The predicted octanol–water partition coefficient (Wildman–Crippen LogP) is 2.72. The lowest BCUT2D eigenvalue weighted by Gasteiger charge is -2.26. The molecular weight excluding hydrogens is 380 g/mol. The van der Waals surface area contributed by atoms with E-state index in [1.54, 1.807) is 4.57 Å². The van der Waals surface area contributed by atoms with Crippen molar-refractivity contribution in [2.45, 2.75) is 58.5 Å². The zero-order chi connectivity index (χ0) is 20.9. The Balaban J connectivity index is 1.35. The highest BCUT2D eigenvalue weighted by atomic mass is 16.5. The number of hydrogen-bond donors (Lipinski definition) is 0.